The minimum absolute atomic E-state index is 0.594. The van der Waals surface area contributed by atoms with Crippen molar-refractivity contribution in [3.63, 3.8) is 0 Å². The van der Waals surface area contributed by atoms with E-state index in [1.165, 1.54) is 13.8 Å². The van der Waals surface area contributed by atoms with E-state index in [9.17, 15) is 18.7 Å². The van der Waals surface area contributed by atoms with Crippen LogP contribution in [0.1, 0.15) is 20.1 Å². The molecule has 8 heteroatoms. The van der Waals surface area contributed by atoms with Gasteiger partial charge in [0.05, 0.1) is 12.3 Å². The predicted octanol–water partition coefficient (Wildman–Crippen LogP) is -0.0256. The van der Waals surface area contributed by atoms with Gasteiger partial charge in [-0.25, -0.2) is 13.6 Å². The Morgan fingerprint density at radius 3 is 2.90 bits per heavy atom. The van der Waals surface area contributed by atoms with E-state index in [-0.39, 0.29) is 0 Å². The standard InChI is InChI=1S/C12H13F2N3O3/c1-3-4-12(14)8(18)6(2)20-10(12)17-5-7(13)9(15)16-11(17)19/h5-6,8,10,18H,1-2H3,(H2,15,16,19). The van der Waals surface area contributed by atoms with Crippen LogP contribution in [0, 0.1) is 17.7 Å². The first-order valence-corrected chi connectivity index (χ1v) is 5.81. The van der Waals surface area contributed by atoms with Crippen LogP contribution in [-0.2, 0) is 4.74 Å². The summed E-state index contributed by atoms with van der Waals surface area (Å²) in [6.45, 7) is 2.79. The lowest BCUT2D eigenvalue weighted by Gasteiger charge is -2.24. The molecule has 2 rings (SSSR count). The van der Waals surface area contributed by atoms with Gasteiger partial charge in [0.1, 0.15) is 6.10 Å². The van der Waals surface area contributed by atoms with E-state index in [2.05, 4.69) is 16.8 Å². The summed E-state index contributed by atoms with van der Waals surface area (Å²) in [5, 5.41) is 9.84. The van der Waals surface area contributed by atoms with Crippen LogP contribution in [0.25, 0.3) is 0 Å². The third-order valence-corrected chi connectivity index (χ3v) is 3.08. The van der Waals surface area contributed by atoms with Gasteiger partial charge in [0.2, 0.25) is 5.67 Å². The second-order valence-electron chi connectivity index (χ2n) is 4.45. The van der Waals surface area contributed by atoms with Crippen molar-refractivity contribution in [1.82, 2.24) is 9.55 Å². The van der Waals surface area contributed by atoms with Gasteiger partial charge in [-0.05, 0) is 13.8 Å². The van der Waals surface area contributed by atoms with E-state index >= 15 is 0 Å². The van der Waals surface area contributed by atoms with Gasteiger partial charge >= 0.3 is 5.69 Å². The molecule has 1 aliphatic rings. The molecule has 0 spiro atoms. The van der Waals surface area contributed by atoms with Crippen LogP contribution in [0.15, 0.2) is 11.0 Å². The number of anilines is 1. The average molecular weight is 285 g/mol. The smallest absolute Gasteiger partial charge is 0.351 e. The number of aromatic nitrogens is 2. The van der Waals surface area contributed by atoms with E-state index in [1.54, 1.807) is 0 Å². The van der Waals surface area contributed by atoms with Crippen LogP contribution < -0.4 is 11.4 Å². The molecule has 20 heavy (non-hydrogen) atoms. The van der Waals surface area contributed by atoms with Crippen LogP contribution in [0.2, 0.25) is 0 Å². The highest BCUT2D eigenvalue weighted by Gasteiger charge is 2.56. The number of nitrogens with two attached hydrogens (primary N) is 1. The number of alkyl halides is 1. The first kappa shape index (κ1) is 14.4. The number of nitrogen functional groups attached to an aromatic ring is 1. The molecule has 0 aliphatic carbocycles. The van der Waals surface area contributed by atoms with Crippen LogP contribution in [0.4, 0.5) is 14.6 Å². The lowest BCUT2D eigenvalue weighted by atomic mass is 9.97. The van der Waals surface area contributed by atoms with Crippen molar-refractivity contribution >= 4 is 5.82 Å². The molecule has 2 heterocycles. The Labute approximate surface area is 113 Å². The highest BCUT2D eigenvalue weighted by Crippen LogP contribution is 2.40. The molecule has 3 N–H and O–H groups in total. The minimum Gasteiger partial charge on any atom is -0.386 e. The quantitative estimate of drug-likeness (QED) is 0.707. The Balaban J connectivity index is 2.59. The van der Waals surface area contributed by atoms with E-state index in [0.717, 1.165) is 0 Å². The molecular formula is C12H13F2N3O3. The topological polar surface area (TPSA) is 90.4 Å². The summed E-state index contributed by atoms with van der Waals surface area (Å²) in [5.41, 5.74) is 1.63. The first-order chi connectivity index (χ1) is 9.31. The lowest BCUT2D eigenvalue weighted by molar-refractivity contribution is -0.0328. The monoisotopic (exact) mass is 285 g/mol. The normalized spacial score (nSPS) is 32.8. The van der Waals surface area contributed by atoms with Gasteiger partial charge < -0.3 is 15.6 Å². The zero-order chi connectivity index (χ0) is 15.1. The molecule has 0 bridgehead atoms. The summed E-state index contributed by atoms with van der Waals surface area (Å²) < 4.78 is 34.0. The fraction of sp³-hybridized carbons (Fsp3) is 0.500. The zero-order valence-electron chi connectivity index (χ0n) is 10.8. The van der Waals surface area contributed by atoms with Crippen LogP contribution in [0.5, 0.6) is 0 Å². The zero-order valence-corrected chi connectivity index (χ0v) is 10.8. The lowest BCUT2D eigenvalue weighted by Crippen LogP contribution is -2.43. The van der Waals surface area contributed by atoms with Gasteiger partial charge in [0, 0.05) is 0 Å². The molecule has 4 unspecified atom stereocenters. The summed E-state index contributed by atoms with van der Waals surface area (Å²) in [6.07, 6.45) is -3.41. The fourth-order valence-corrected chi connectivity index (χ4v) is 2.09. The van der Waals surface area contributed by atoms with Crippen molar-refractivity contribution < 1.29 is 18.6 Å². The molecule has 0 amide bonds. The number of aliphatic hydroxyl groups excluding tert-OH is 1. The van der Waals surface area contributed by atoms with Crippen LogP contribution in [0.3, 0.4) is 0 Å². The molecule has 1 aromatic heterocycles. The van der Waals surface area contributed by atoms with E-state index in [1.807, 2.05) is 0 Å². The molecule has 6 nitrogen and oxygen atoms in total. The molecule has 1 saturated heterocycles. The van der Waals surface area contributed by atoms with Crippen molar-refractivity contribution in [2.45, 2.75) is 38.0 Å². The summed E-state index contributed by atoms with van der Waals surface area (Å²) >= 11 is 0. The summed E-state index contributed by atoms with van der Waals surface area (Å²) in [7, 11) is 0. The molecule has 1 aromatic rings. The van der Waals surface area contributed by atoms with Crippen molar-refractivity contribution in [3.8, 4) is 11.8 Å². The number of halogens is 2. The Kier molecular flexibility index (Phi) is 3.50. The molecule has 1 fully saturated rings. The SMILES string of the molecule is CC#CC1(F)C(O)C(C)OC1n1cc(F)c(N)nc1=O. The predicted molar refractivity (Wildman–Crippen MR) is 65.7 cm³/mol. The number of ether oxygens (including phenoxy) is 1. The van der Waals surface area contributed by atoms with Crippen molar-refractivity contribution in [1.29, 1.82) is 0 Å². The van der Waals surface area contributed by atoms with Crippen molar-refractivity contribution in [2.75, 3.05) is 5.73 Å². The Hall–Kier alpha value is -1.98. The van der Waals surface area contributed by atoms with Gasteiger partial charge in [-0.2, -0.15) is 4.98 Å². The number of nitrogens with zero attached hydrogens (tertiary/aromatic N) is 2. The third kappa shape index (κ3) is 2.05. The number of aliphatic hydroxyl groups is 1. The van der Waals surface area contributed by atoms with E-state index in [0.29, 0.717) is 10.8 Å². The average Bonchev–Trinajstić information content (AvgIpc) is 2.59. The highest BCUT2D eigenvalue weighted by atomic mass is 19.1. The fourth-order valence-electron chi connectivity index (χ4n) is 2.09. The molecule has 0 radical (unpaired) electrons. The molecule has 1 aliphatic heterocycles. The molecule has 4 atom stereocenters. The van der Waals surface area contributed by atoms with Crippen LogP contribution in [-0.4, -0.2) is 32.5 Å². The number of rotatable bonds is 1. The maximum Gasteiger partial charge on any atom is 0.351 e. The van der Waals surface area contributed by atoms with Gasteiger partial charge in [0.25, 0.3) is 0 Å². The van der Waals surface area contributed by atoms with Crippen molar-refractivity contribution in [2.24, 2.45) is 0 Å². The highest BCUT2D eigenvalue weighted by molar-refractivity contribution is 5.28. The van der Waals surface area contributed by atoms with Crippen molar-refractivity contribution in [3.05, 3.63) is 22.5 Å². The number of hydrogen-bond acceptors (Lipinski definition) is 5. The van der Waals surface area contributed by atoms with E-state index < -0.39 is 41.4 Å². The second kappa shape index (κ2) is 4.85. The minimum atomic E-state index is -2.54. The number of hydrogen-bond donors (Lipinski definition) is 2. The molecular weight excluding hydrogens is 272 g/mol. The molecule has 0 aromatic carbocycles. The maximum absolute atomic E-state index is 14.8. The van der Waals surface area contributed by atoms with E-state index in [4.69, 9.17) is 10.5 Å². The van der Waals surface area contributed by atoms with Gasteiger partial charge in [-0.3, -0.25) is 4.57 Å². The summed E-state index contributed by atoms with van der Waals surface area (Å²) in [4.78, 5) is 14.9. The van der Waals surface area contributed by atoms with Crippen LogP contribution >= 0.6 is 0 Å². The first-order valence-electron chi connectivity index (χ1n) is 5.81. The third-order valence-electron chi connectivity index (χ3n) is 3.08. The van der Waals surface area contributed by atoms with Gasteiger partial charge in [0.15, 0.2) is 17.9 Å². The summed E-state index contributed by atoms with van der Waals surface area (Å²) in [5.74, 6) is 2.92. The summed E-state index contributed by atoms with van der Waals surface area (Å²) in [6, 6.07) is 0. The Bertz CT molecular complexity index is 652. The maximum atomic E-state index is 14.8. The molecule has 108 valence electrons. The molecule has 0 saturated carbocycles. The van der Waals surface area contributed by atoms with Gasteiger partial charge in [-0.15, -0.1) is 5.92 Å². The Morgan fingerprint density at radius 2 is 2.30 bits per heavy atom. The largest absolute Gasteiger partial charge is 0.386 e. The second-order valence-corrected chi connectivity index (χ2v) is 4.45. The van der Waals surface area contributed by atoms with Gasteiger partial charge in [-0.1, -0.05) is 5.92 Å². The Morgan fingerprint density at radius 1 is 1.65 bits per heavy atom.